The lowest BCUT2D eigenvalue weighted by Gasteiger charge is -2.06. The van der Waals surface area contributed by atoms with Crippen LogP contribution in [-0.4, -0.2) is 20.9 Å². The number of nitrogens with two attached hydrogens (primary N) is 1. The molecule has 1 aromatic heterocycles. The van der Waals surface area contributed by atoms with Crippen molar-refractivity contribution >= 4 is 29.0 Å². The zero-order valence-electron chi connectivity index (χ0n) is 8.80. The molecule has 0 saturated heterocycles. The van der Waals surface area contributed by atoms with Crippen molar-refractivity contribution in [2.45, 2.75) is 6.54 Å². The summed E-state index contributed by atoms with van der Waals surface area (Å²) in [6.07, 6.45) is 1.38. The number of hydrogen-bond acceptors (Lipinski definition) is 4. The second kappa shape index (κ2) is 4.84. The maximum absolute atomic E-state index is 11.6. The Morgan fingerprint density at radius 3 is 2.88 bits per heavy atom. The van der Waals surface area contributed by atoms with E-state index in [0.717, 1.165) is 0 Å². The first-order valence-corrected chi connectivity index (χ1v) is 5.23. The Labute approximate surface area is 102 Å². The fraction of sp³-hybridized carbons (Fsp3) is 0.100. The van der Waals surface area contributed by atoms with Crippen LogP contribution in [0, 0.1) is 0 Å². The van der Waals surface area contributed by atoms with Gasteiger partial charge in [0, 0.05) is 0 Å². The van der Waals surface area contributed by atoms with Gasteiger partial charge in [-0.25, -0.2) is 0 Å². The van der Waals surface area contributed by atoms with Crippen molar-refractivity contribution in [2.75, 3.05) is 11.1 Å². The second-order valence-electron chi connectivity index (χ2n) is 3.33. The zero-order chi connectivity index (χ0) is 12.3. The van der Waals surface area contributed by atoms with Crippen molar-refractivity contribution in [3.63, 3.8) is 0 Å². The number of nitrogens with one attached hydrogen (secondary N) is 1. The summed E-state index contributed by atoms with van der Waals surface area (Å²) in [6.45, 7) is -0.0115. The average molecular weight is 252 g/mol. The standard InChI is InChI=1S/C10H10ClN5O/c11-7-3-1-2-4-8(7)14-10(17)6-16-13-5-9(12)15-16/h1-5H,6H2,(H2,12,15)(H,14,17). The van der Waals surface area contributed by atoms with Gasteiger partial charge in [-0.1, -0.05) is 23.7 Å². The number of anilines is 2. The summed E-state index contributed by atoms with van der Waals surface area (Å²) >= 11 is 5.90. The first kappa shape index (κ1) is 11.4. The van der Waals surface area contributed by atoms with Gasteiger partial charge in [-0.3, -0.25) is 4.79 Å². The number of para-hydroxylation sites is 1. The van der Waals surface area contributed by atoms with E-state index in [-0.39, 0.29) is 18.3 Å². The van der Waals surface area contributed by atoms with Gasteiger partial charge in [0.1, 0.15) is 6.54 Å². The van der Waals surface area contributed by atoms with E-state index in [4.69, 9.17) is 17.3 Å². The van der Waals surface area contributed by atoms with Gasteiger partial charge in [-0.05, 0) is 12.1 Å². The van der Waals surface area contributed by atoms with E-state index in [0.29, 0.717) is 10.7 Å². The Hall–Kier alpha value is -2.08. The van der Waals surface area contributed by atoms with Crippen molar-refractivity contribution in [1.29, 1.82) is 0 Å². The Morgan fingerprint density at radius 2 is 2.24 bits per heavy atom. The molecule has 3 N–H and O–H groups in total. The van der Waals surface area contributed by atoms with E-state index in [1.54, 1.807) is 24.3 Å². The van der Waals surface area contributed by atoms with Crippen LogP contribution < -0.4 is 11.1 Å². The summed E-state index contributed by atoms with van der Waals surface area (Å²) < 4.78 is 0. The molecule has 88 valence electrons. The number of rotatable bonds is 3. The highest BCUT2D eigenvalue weighted by molar-refractivity contribution is 6.33. The molecule has 0 spiro atoms. The first-order valence-electron chi connectivity index (χ1n) is 4.85. The van der Waals surface area contributed by atoms with E-state index >= 15 is 0 Å². The van der Waals surface area contributed by atoms with Gasteiger partial charge in [-0.2, -0.15) is 9.90 Å². The summed E-state index contributed by atoms with van der Waals surface area (Å²) in [4.78, 5) is 12.8. The summed E-state index contributed by atoms with van der Waals surface area (Å²) in [5, 5.41) is 10.7. The Bertz CT molecular complexity index is 539. The molecule has 0 aliphatic rings. The molecule has 0 fully saturated rings. The van der Waals surface area contributed by atoms with Gasteiger partial charge in [0.15, 0.2) is 5.82 Å². The molecular formula is C10H10ClN5O. The fourth-order valence-corrected chi connectivity index (χ4v) is 1.45. The molecule has 0 bridgehead atoms. The van der Waals surface area contributed by atoms with Crippen LogP contribution in [0.3, 0.4) is 0 Å². The van der Waals surface area contributed by atoms with Crippen LogP contribution in [0.25, 0.3) is 0 Å². The quantitative estimate of drug-likeness (QED) is 0.857. The van der Waals surface area contributed by atoms with Crippen molar-refractivity contribution in [2.24, 2.45) is 0 Å². The molecule has 6 nitrogen and oxygen atoms in total. The van der Waals surface area contributed by atoms with Gasteiger partial charge < -0.3 is 11.1 Å². The number of carbonyl (C=O) groups excluding carboxylic acids is 1. The largest absolute Gasteiger partial charge is 0.381 e. The Kier molecular flexibility index (Phi) is 3.24. The van der Waals surface area contributed by atoms with Gasteiger partial charge >= 0.3 is 0 Å². The minimum Gasteiger partial charge on any atom is -0.381 e. The monoisotopic (exact) mass is 251 g/mol. The van der Waals surface area contributed by atoms with Gasteiger partial charge in [-0.15, -0.1) is 5.10 Å². The van der Waals surface area contributed by atoms with Gasteiger partial charge in [0.25, 0.3) is 0 Å². The molecule has 0 unspecified atom stereocenters. The van der Waals surface area contributed by atoms with Crippen molar-refractivity contribution in [3.05, 3.63) is 35.5 Å². The third-order valence-electron chi connectivity index (χ3n) is 1.99. The number of halogens is 1. The lowest BCUT2D eigenvalue weighted by atomic mass is 10.3. The molecular weight excluding hydrogens is 242 g/mol. The molecule has 0 aliphatic heterocycles. The molecule has 0 aliphatic carbocycles. The molecule has 2 rings (SSSR count). The maximum atomic E-state index is 11.6. The SMILES string of the molecule is Nc1cnn(CC(=O)Nc2ccccc2Cl)n1. The number of benzene rings is 1. The zero-order valence-corrected chi connectivity index (χ0v) is 9.55. The van der Waals surface area contributed by atoms with Gasteiger partial charge in [0.05, 0.1) is 16.9 Å². The first-order chi connectivity index (χ1) is 8.15. The molecule has 7 heteroatoms. The molecule has 17 heavy (non-hydrogen) atoms. The minimum atomic E-state index is -0.270. The predicted molar refractivity (Wildman–Crippen MR) is 64.5 cm³/mol. The van der Waals surface area contributed by atoms with Crippen molar-refractivity contribution in [1.82, 2.24) is 15.0 Å². The average Bonchev–Trinajstić information content (AvgIpc) is 2.67. The third kappa shape index (κ3) is 2.94. The second-order valence-corrected chi connectivity index (χ2v) is 3.74. The number of hydrogen-bond donors (Lipinski definition) is 2. The van der Waals surface area contributed by atoms with Crippen LogP contribution in [0.15, 0.2) is 30.5 Å². The topological polar surface area (TPSA) is 85.8 Å². The molecule has 0 saturated carbocycles. The maximum Gasteiger partial charge on any atom is 0.248 e. The van der Waals surface area contributed by atoms with Crippen LogP contribution in [0.5, 0.6) is 0 Å². The highest BCUT2D eigenvalue weighted by atomic mass is 35.5. The van der Waals surface area contributed by atoms with E-state index in [2.05, 4.69) is 15.5 Å². The smallest absolute Gasteiger partial charge is 0.248 e. The minimum absolute atomic E-state index is 0.0115. The highest BCUT2D eigenvalue weighted by Crippen LogP contribution is 2.20. The molecule has 1 amide bonds. The number of nitrogen functional groups attached to an aromatic ring is 1. The molecule has 2 aromatic rings. The molecule has 0 atom stereocenters. The van der Waals surface area contributed by atoms with Crippen LogP contribution >= 0.6 is 11.6 Å². The van der Waals surface area contributed by atoms with Gasteiger partial charge in [0.2, 0.25) is 5.91 Å². The number of aromatic nitrogens is 3. The van der Waals surface area contributed by atoms with E-state index in [1.165, 1.54) is 11.0 Å². The summed E-state index contributed by atoms with van der Waals surface area (Å²) in [5.41, 5.74) is 5.94. The summed E-state index contributed by atoms with van der Waals surface area (Å²) in [7, 11) is 0. The predicted octanol–water partition coefficient (Wildman–Crippen LogP) is 1.15. The summed E-state index contributed by atoms with van der Waals surface area (Å²) in [6, 6.07) is 6.98. The molecule has 1 heterocycles. The summed E-state index contributed by atoms with van der Waals surface area (Å²) in [5.74, 6) is 0.00393. The van der Waals surface area contributed by atoms with Crippen LogP contribution in [0.1, 0.15) is 0 Å². The van der Waals surface area contributed by atoms with E-state index in [1.807, 2.05) is 0 Å². The fourth-order valence-electron chi connectivity index (χ4n) is 1.27. The Balaban J connectivity index is 2.01. The lowest BCUT2D eigenvalue weighted by molar-refractivity contribution is -0.117. The number of amides is 1. The van der Waals surface area contributed by atoms with Crippen molar-refractivity contribution in [3.8, 4) is 0 Å². The highest BCUT2D eigenvalue weighted by Gasteiger charge is 2.07. The normalized spacial score (nSPS) is 10.2. The number of carbonyl (C=O) groups is 1. The molecule has 0 radical (unpaired) electrons. The van der Waals surface area contributed by atoms with E-state index in [9.17, 15) is 4.79 Å². The van der Waals surface area contributed by atoms with Crippen LogP contribution in [-0.2, 0) is 11.3 Å². The Morgan fingerprint density at radius 1 is 1.47 bits per heavy atom. The molecule has 1 aromatic carbocycles. The number of nitrogens with zero attached hydrogens (tertiary/aromatic N) is 3. The van der Waals surface area contributed by atoms with Crippen LogP contribution in [0.2, 0.25) is 5.02 Å². The van der Waals surface area contributed by atoms with E-state index < -0.39 is 0 Å². The van der Waals surface area contributed by atoms with Crippen molar-refractivity contribution < 1.29 is 4.79 Å². The lowest BCUT2D eigenvalue weighted by Crippen LogP contribution is -2.20. The van der Waals surface area contributed by atoms with Crippen LogP contribution in [0.4, 0.5) is 11.5 Å². The third-order valence-corrected chi connectivity index (χ3v) is 2.32.